The first-order valence-corrected chi connectivity index (χ1v) is 10.3. The van der Waals surface area contributed by atoms with Crippen LogP contribution in [0.4, 0.5) is 0 Å². The van der Waals surface area contributed by atoms with E-state index in [4.69, 9.17) is 0 Å². The standard InChI is InChI=1S/C26H22N2S/c29-24-16-7-5-13-21(24)19-11-8-12-20(17-19)25-22-14-4-6-15-23(22)27-26(28-25)18-9-2-1-3-10-18/h1-17,23,26-29H. The highest BCUT2D eigenvalue weighted by atomic mass is 32.1. The fourth-order valence-corrected chi connectivity index (χ4v) is 4.30. The number of nitrogens with one attached hydrogen (secondary N) is 2. The van der Waals surface area contributed by atoms with Crippen LogP contribution in [0.25, 0.3) is 16.8 Å². The molecule has 2 aliphatic rings. The Morgan fingerprint density at radius 3 is 2.41 bits per heavy atom. The van der Waals surface area contributed by atoms with Gasteiger partial charge in [0.1, 0.15) is 6.17 Å². The molecular weight excluding hydrogens is 372 g/mol. The van der Waals surface area contributed by atoms with Crippen molar-refractivity contribution in [3.8, 4) is 11.1 Å². The lowest BCUT2D eigenvalue weighted by molar-refractivity contribution is 0.460. The fourth-order valence-electron chi connectivity index (χ4n) is 4.01. The Labute approximate surface area is 177 Å². The molecule has 2 N–H and O–H groups in total. The topological polar surface area (TPSA) is 24.1 Å². The molecular formula is C26H22N2S. The zero-order valence-electron chi connectivity index (χ0n) is 15.9. The minimum Gasteiger partial charge on any atom is -0.365 e. The van der Waals surface area contributed by atoms with Gasteiger partial charge < -0.3 is 5.32 Å². The van der Waals surface area contributed by atoms with Gasteiger partial charge in [0.15, 0.2) is 0 Å². The second kappa shape index (κ2) is 7.78. The van der Waals surface area contributed by atoms with E-state index in [0.717, 1.165) is 10.5 Å². The largest absolute Gasteiger partial charge is 0.365 e. The van der Waals surface area contributed by atoms with Crippen LogP contribution >= 0.6 is 12.6 Å². The van der Waals surface area contributed by atoms with Crippen molar-refractivity contribution in [2.75, 3.05) is 0 Å². The quantitative estimate of drug-likeness (QED) is 0.494. The molecule has 0 aromatic heterocycles. The van der Waals surface area contributed by atoms with Gasteiger partial charge in [-0.2, -0.15) is 0 Å². The number of thiol groups is 1. The molecule has 0 amide bonds. The number of fused-ring (bicyclic) bond motifs is 1. The Morgan fingerprint density at radius 2 is 1.55 bits per heavy atom. The van der Waals surface area contributed by atoms with Crippen LogP contribution in [-0.2, 0) is 0 Å². The van der Waals surface area contributed by atoms with Crippen molar-refractivity contribution in [1.29, 1.82) is 0 Å². The van der Waals surface area contributed by atoms with Crippen molar-refractivity contribution in [3.63, 3.8) is 0 Å². The second-order valence-electron chi connectivity index (χ2n) is 7.30. The summed E-state index contributed by atoms with van der Waals surface area (Å²) in [4.78, 5) is 0.987. The van der Waals surface area contributed by atoms with E-state index in [-0.39, 0.29) is 12.2 Å². The van der Waals surface area contributed by atoms with E-state index in [2.05, 4.69) is 114 Å². The summed E-state index contributed by atoms with van der Waals surface area (Å²) >= 11 is 4.65. The van der Waals surface area contributed by atoms with Crippen LogP contribution in [-0.4, -0.2) is 6.04 Å². The lowest BCUT2D eigenvalue weighted by Crippen LogP contribution is -2.45. The molecule has 2 nitrogen and oxygen atoms in total. The summed E-state index contributed by atoms with van der Waals surface area (Å²) in [5.74, 6) is 0. The van der Waals surface area contributed by atoms with Crippen LogP contribution in [0.1, 0.15) is 17.3 Å². The van der Waals surface area contributed by atoms with Crippen LogP contribution in [0.3, 0.4) is 0 Å². The smallest absolute Gasteiger partial charge is 0.104 e. The number of rotatable bonds is 3. The van der Waals surface area contributed by atoms with Crippen molar-refractivity contribution in [3.05, 3.63) is 120 Å². The molecule has 0 radical (unpaired) electrons. The normalized spacial score (nSPS) is 20.3. The number of allylic oxidation sites excluding steroid dienone is 2. The molecule has 5 rings (SSSR count). The van der Waals surface area contributed by atoms with E-state index in [0.29, 0.717) is 0 Å². The molecule has 3 heteroatoms. The molecule has 2 atom stereocenters. The molecule has 142 valence electrons. The lowest BCUT2D eigenvalue weighted by Gasteiger charge is -2.36. The van der Waals surface area contributed by atoms with E-state index < -0.39 is 0 Å². The summed E-state index contributed by atoms with van der Waals surface area (Å²) in [6.07, 6.45) is 8.68. The van der Waals surface area contributed by atoms with Gasteiger partial charge >= 0.3 is 0 Å². The van der Waals surface area contributed by atoms with Crippen molar-refractivity contribution in [1.82, 2.24) is 10.6 Å². The molecule has 0 fully saturated rings. The third kappa shape index (κ3) is 3.55. The fraction of sp³-hybridized carbons (Fsp3) is 0.0769. The Balaban J connectivity index is 1.59. The monoisotopic (exact) mass is 394 g/mol. The number of hydrogen-bond donors (Lipinski definition) is 3. The highest BCUT2D eigenvalue weighted by Crippen LogP contribution is 2.33. The summed E-state index contributed by atoms with van der Waals surface area (Å²) in [5, 5.41) is 7.45. The molecule has 0 saturated heterocycles. The number of hydrogen-bond acceptors (Lipinski definition) is 3. The average molecular weight is 395 g/mol. The summed E-state index contributed by atoms with van der Waals surface area (Å²) < 4.78 is 0. The Hall–Kier alpha value is -3.01. The van der Waals surface area contributed by atoms with Crippen molar-refractivity contribution < 1.29 is 0 Å². The molecule has 0 bridgehead atoms. The predicted octanol–water partition coefficient (Wildman–Crippen LogP) is 5.74. The molecule has 1 aliphatic heterocycles. The van der Waals surface area contributed by atoms with Gasteiger partial charge in [-0.25, -0.2) is 0 Å². The molecule has 1 heterocycles. The minimum atomic E-state index is 0.0527. The molecule has 3 aromatic rings. The number of benzene rings is 3. The Morgan fingerprint density at radius 1 is 0.759 bits per heavy atom. The van der Waals surface area contributed by atoms with Crippen molar-refractivity contribution in [2.24, 2.45) is 0 Å². The zero-order chi connectivity index (χ0) is 19.6. The van der Waals surface area contributed by atoms with Crippen LogP contribution < -0.4 is 10.6 Å². The molecule has 29 heavy (non-hydrogen) atoms. The van der Waals surface area contributed by atoms with E-state index in [1.807, 2.05) is 12.1 Å². The third-order valence-electron chi connectivity index (χ3n) is 5.45. The van der Waals surface area contributed by atoms with E-state index in [1.165, 1.54) is 28.0 Å². The maximum Gasteiger partial charge on any atom is 0.104 e. The van der Waals surface area contributed by atoms with Gasteiger partial charge in [0, 0.05) is 10.6 Å². The first kappa shape index (κ1) is 18.0. The maximum absolute atomic E-state index is 4.65. The SMILES string of the molecule is Sc1ccccc1-c1cccc(C2=C3C=CC=CC3NC(c3ccccc3)N2)c1. The van der Waals surface area contributed by atoms with Gasteiger partial charge in [0.05, 0.1) is 6.04 Å². The van der Waals surface area contributed by atoms with Gasteiger partial charge in [-0.05, 0) is 40.0 Å². The summed E-state index contributed by atoms with van der Waals surface area (Å²) in [5.41, 5.74) is 7.15. The Kier molecular flexibility index (Phi) is 4.84. The third-order valence-corrected chi connectivity index (χ3v) is 5.84. The van der Waals surface area contributed by atoms with Gasteiger partial charge in [-0.15, -0.1) is 12.6 Å². The summed E-state index contributed by atoms with van der Waals surface area (Å²) in [6, 6.07) is 27.6. The Bertz CT molecular complexity index is 1130. The first-order valence-electron chi connectivity index (χ1n) is 9.85. The van der Waals surface area contributed by atoms with Crippen LogP contribution in [0.5, 0.6) is 0 Å². The summed E-state index contributed by atoms with van der Waals surface area (Å²) in [7, 11) is 0. The van der Waals surface area contributed by atoms with Crippen LogP contribution in [0.2, 0.25) is 0 Å². The molecule has 0 spiro atoms. The molecule has 3 aromatic carbocycles. The van der Waals surface area contributed by atoms with E-state index in [1.54, 1.807) is 0 Å². The predicted molar refractivity (Wildman–Crippen MR) is 124 cm³/mol. The maximum atomic E-state index is 4.65. The minimum absolute atomic E-state index is 0.0527. The van der Waals surface area contributed by atoms with Crippen LogP contribution in [0, 0.1) is 0 Å². The highest BCUT2D eigenvalue weighted by Gasteiger charge is 2.27. The summed E-state index contributed by atoms with van der Waals surface area (Å²) in [6.45, 7) is 0. The van der Waals surface area contributed by atoms with Crippen molar-refractivity contribution in [2.45, 2.75) is 17.1 Å². The van der Waals surface area contributed by atoms with Crippen molar-refractivity contribution >= 4 is 18.3 Å². The molecule has 1 aliphatic carbocycles. The van der Waals surface area contributed by atoms with Gasteiger partial charge in [-0.3, -0.25) is 5.32 Å². The van der Waals surface area contributed by atoms with E-state index >= 15 is 0 Å². The van der Waals surface area contributed by atoms with Gasteiger partial charge in [0.25, 0.3) is 0 Å². The van der Waals surface area contributed by atoms with Crippen LogP contribution in [0.15, 0.2) is 114 Å². The molecule has 2 unspecified atom stereocenters. The van der Waals surface area contributed by atoms with Gasteiger partial charge in [0.2, 0.25) is 0 Å². The van der Waals surface area contributed by atoms with Gasteiger partial charge in [-0.1, -0.05) is 91.0 Å². The highest BCUT2D eigenvalue weighted by molar-refractivity contribution is 7.80. The molecule has 0 saturated carbocycles. The first-order chi connectivity index (χ1) is 14.3. The van der Waals surface area contributed by atoms with E-state index in [9.17, 15) is 0 Å². The zero-order valence-corrected chi connectivity index (χ0v) is 16.8. The average Bonchev–Trinajstić information content (AvgIpc) is 2.79. The lowest BCUT2D eigenvalue weighted by atomic mass is 9.91. The second-order valence-corrected chi connectivity index (χ2v) is 7.79.